The summed E-state index contributed by atoms with van der Waals surface area (Å²) in [5.41, 5.74) is -1.06. The van der Waals surface area contributed by atoms with Crippen LogP contribution in [0.1, 0.15) is 35.2 Å². The van der Waals surface area contributed by atoms with Crippen molar-refractivity contribution in [2.45, 2.75) is 24.9 Å². The molecule has 2 rings (SSSR count). The van der Waals surface area contributed by atoms with Crippen LogP contribution >= 0.6 is 0 Å². The summed E-state index contributed by atoms with van der Waals surface area (Å²) < 4.78 is 20.3. The molecule has 1 saturated heterocycles. The summed E-state index contributed by atoms with van der Waals surface area (Å²) in [6.45, 7) is 0.229. The first-order valence-electron chi connectivity index (χ1n) is 7.17. The maximum Gasteiger partial charge on any atom is 0.407 e. The van der Waals surface area contributed by atoms with Gasteiger partial charge in [-0.05, 0) is 17.7 Å². The Morgan fingerprint density at radius 2 is 2.09 bits per heavy atom. The third-order valence-corrected chi connectivity index (χ3v) is 4.09. The SMILES string of the molecule is COc1cc(C2(F)CCN(C(=O)O)CC2)ccc1C(=O)CC#N. The standard InChI is InChI=1S/C16H17FN2O4/c1-23-14-10-11(2-3-12(14)13(20)4-7-18)16(17)5-8-19(9-6-16)15(21)22/h2-3,10H,4-6,8-9H2,1H3,(H,21,22). The van der Waals surface area contributed by atoms with Crippen molar-refractivity contribution in [3.63, 3.8) is 0 Å². The second-order valence-corrected chi connectivity index (χ2v) is 5.41. The highest BCUT2D eigenvalue weighted by molar-refractivity contribution is 5.99. The monoisotopic (exact) mass is 320 g/mol. The average molecular weight is 320 g/mol. The highest BCUT2D eigenvalue weighted by Gasteiger charge is 2.38. The lowest BCUT2D eigenvalue weighted by Crippen LogP contribution is -2.42. The van der Waals surface area contributed by atoms with Crippen LogP contribution in [-0.2, 0) is 5.67 Å². The number of hydrogen-bond acceptors (Lipinski definition) is 4. The molecule has 1 heterocycles. The fourth-order valence-electron chi connectivity index (χ4n) is 2.71. The fourth-order valence-corrected chi connectivity index (χ4v) is 2.71. The van der Waals surface area contributed by atoms with E-state index < -0.39 is 11.8 Å². The van der Waals surface area contributed by atoms with Crippen molar-refractivity contribution in [1.82, 2.24) is 4.90 Å². The molecule has 0 aliphatic carbocycles. The first-order valence-corrected chi connectivity index (χ1v) is 7.17. The zero-order valence-electron chi connectivity index (χ0n) is 12.7. The second-order valence-electron chi connectivity index (χ2n) is 5.41. The van der Waals surface area contributed by atoms with Gasteiger partial charge in [0.2, 0.25) is 0 Å². The number of ether oxygens (including phenoxy) is 1. The van der Waals surface area contributed by atoms with Crippen molar-refractivity contribution >= 4 is 11.9 Å². The van der Waals surface area contributed by atoms with Crippen LogP contribution in [0.3, 0.4) is 0 Å². The maximum absolute atomic E-state index is 15.1. The van der Waals surface area contributed by atoms with Crippen LogP contribution in [0.15, 0.2) is 18.2 Å². The summed E-state index contributed by atoms with van der Waals surface area (Å²) in [7, 11) is 1.38. The number of carboxylic acid groups (broad SMARTS) is 1. The summed E-state index contributed by atoms with van der Waals surface area (Å²) in [6.07, 6.45) is -1.23. The third-order valence-electron chi connectivity index (χ3n) is 4.09. The zero-order valence-corrected chi connectivity index (χ0v) is 12.7. The van der Waals surface area contributed by atoms with Crippen molar-refractivity contribution < 1.29 is 23.8 Å². The number of hydrogen-bond donors (Lipinski definition) is 1. The summed E-state index contributed by atoms with van der Waals surface area (Å²) in [4.78, 5) is 23.9. The second kappa shape index (κ2) is 6.65. The molecule has 0 unspecified atom stereocenters. The van der Waals surface area contributed by atoms with E-state index in [0.717, 1.165) is 0 Å². The van der Waals surface area contributed by atoms with Crippen molar-refractivity contribution in [2.75, 3.05) is 20.2 Å². The first kappa shape index (κ1) is 16.7. The molecule has 1 aliphatic rings. The normalized spacial score (nSPS) is 16.5. The molecule has 23 heavy (non-hydrogen) atoms. The topological polar surface area (TPSA) is 90.6 Å². The summed E-state index contributed by atoms with van der Waals surface area (Å²) in [6, 6.07) is 6.20. The third kappa shape index (κ3) is 3.42. The minimum absolute atomic E-state index is 0.0495. The maximum atomic E-state index is 15.1. The molecule has 1 aromatic carbocycles. The number of alkyl halides is 1. The van der Waals surface area contributed by atoms with Gasteiger partial charge in [0, 0.05) is 25.9 Å². The number of nitrogens with zero attached hydrogens (tertiary/aromatic N) is 2. The molecular formula is C16H17FN2O4. The lowest BCUT2D eigenvalue weighted by molar-refractivity contribution is 0.0549. The van der Waals surface area contributed by atoms with Crippen molar-refractivity contribution in [2.24, 2.45) is 0 Å². The number of carbonyl (C=O) groups is 2. The highest BCUT2D eigenvalue weighted by Crippen LogP contribution is 2.39. The van der Waals surface area contributed by atoms with Crippen LogP contribution in [0.4, 0.5) is 9.18 Å². The van der Waals surface area contributed by atoms with Gasteiger partial charge in [-0.2, -0.15) is 5.26 Å². The Kier molecular flexibility index (Phi) is 4.84. The molecule has 7 heteroatoms. The van der Waals surface area contributed by atoms with Crippen LogP contribution in [0.25, 0.3) is 0 Å². The van der Waals surface area contributed by atoms with E-state index in [4.69, 9.17) is 15.1 Å². The highest BCUT2D eigenvalue weighted by atomic mass is 19.1. The molecule has 1 fully saturated rings. The number of halogens is 1. The van der Waals surface area contributed by atoms with Crippen LogP contribution in [0.2, 0.25) is 0 Å². The van der Waals surface area contributed by atoms with Gasteiger partial charge in [-0.15, -0.1) is 0 Å². The smallest absolute Gasteiger partial charge is 0.407 e. The number of likely N-dealkylation sites (tertiary alicyclic amines) is 1. The Labute approximate surface area is 133 Å². The molecule has 6 nitrogen and oxygen atoms in total. The van der Waals surface area contributed by atoms with Gasteiger partial charge in [-0.3, -0.25) is 4.79 Å². The minimum Gasteiger partial charge on any atom is -0.496 e. The average Bonchev–Trinajstić information content (AvgIpc) is 2.54. The van der Waals surface area contributed by atoms with Crippen molar-refractivity contribution in [3.05, 3.63) is 29.3 Å². The van der Waals surface area contributed by atoms with Gasteiger partial charge >= 0.3 is 6.09 Å². The molecule has 0 spiro atoms. The number of ketones is 1. The first-order chi connectivity index (χ1) is 10.9. The number of nitriles is 1. The molecule has 1 amide bonds. The van der Waals surface area contributed by atoms with E-state index in [2.05, 4.69) is 0 Å². The number of rotatable bonds is 4. The fraction of sp³-hybridized carbons (Fsp3) is 0.438. The van der Waals surface area contributed by atoms with Gasteiger partial charge in [0.25, 0.3) is 0 Å². The van der Waals surface area contributed by atoms with E-state index in [1.54, 1.807) is 6.07 Å². The zero-order chi connectivity index (χ0) is 17.0. The number of Topliss-reactive ketones (excluding diaryl/α,β-unsaturated/α-hetero) is 1. The van der Waals surface area contributed by atoms with Crippen LogP contribution in [0, 0.1) is 11.3 Å². The molecule has 1 aliphatic heterocycles. The van der Waals surface area contributed by atoms with Gasteiger partial charge in [0.1, 0.15) is 11.4 Å². The summed E-state index contributed by atoms with van der Waals surface area (Å²) >= 11 is 0. The Morgan fingerprint density at radius 3 is 2.61 bits per heavy atom. The Bertz CT molecular complexity index is 661. The summed E-state index contributed by atoms with van der Waals surface area (Å²) in [5.74, 6) is -0.162. The van der Waals surface area contributed by atoms with Crippen LogP contribution < -0.4 is 4.74 Å². The van der Waals surface area contributed by atoms with E-state index in [1.807, 2.05) is 0 Å². The van der Waals surface area contributed by atoms with E-state index in [-0.39, 0.29) is 49.4 Å². The molecule has 0 bridgehead atoms. The molecule has 0 saturated carbocycles. The van der Waals surface area contributed by atoms with Gasteiger partial charge in [0.05, 0.1) is 25.2 Å². The quantitative estimate of drug-likeness (QED) is 0.861. The molecule has 122 valence electrons. The van der Waals surface area contributed by atoms with Crippen LogP contribution in [-0.4, -0.2) is 42.1 Å². The van der Waals surface area contributed by atoms with E-state index in [1.165, 1.54) is 30.2 Å². The van der Waals surface area contributed by atoms with E-state index in [0.29, 0.717) is 5.56 Å². The molecule has 0 atom stereocenters. The van der Waals surface area contributed by atoms with Gasteiger partial charge in [0.15, 0.2) is 5.78 Å². The molecule has 0 aromatic heterocycles. The van der Waals surface area contributed by atoms with E-state index in [9.17, 15) is 9.59 Å². The lowest BCUT2D eigenvalue weighted by Gasteiger charge is -2.35. The number of carbonyl (C=O) groups excluding carboxylic acids is 1. The van der Waals surface area contributed by atoms with Crippen molar-refractivity contribution in [1.29, 1.82) is 5.26 Å². The summed E-state index contributed by atoms with van der Waals surface area (Å²) in [5, 5.41) is 17.5. The lowest BCUT2D eigenvalue weighted by atomic mass is 9.85. The predicted octanol–water partition coefficient (Wildman–Crippen LogP) is 2.73. The van der Waals surface area contributed by atoms with Crippen LogP contribution in [0.5, 0.6) is 5.75 Å². The van der Waals surface area contributed by atoms with Gasteiger partial charge < -0.3 is 14.7 Å². The molecule has 1 aromatic rings. The Morgan fingerprint density at radius 1 is 1.43 bits per heavy atom. The Hall–Kier alpha value is -2.62. The van der Waals surface area contributed by atoms with Gasteiger partial charge in [-0.1, -0.05) is 6.07 Å². The Balaban J connectivity index is 2.26. The number of piperidine rings is 1. The molecule has 1 N–H and O–H groups in total. The van der Waals surface area contributed by atoms with Gasteiger partial charge in [-0.25, -0.2) is 9.18 Å². The molecular weight excluding hydrogens is 303 g/mol. The van der Waals surface area contributed by atoms with Crippen molar-refractivity contribution in [3.8, 4) is 11.8 Å². The number of benzene rings is 1. The number of methoxy groups -OCH3 is 1. The number of amides is 1. The van der Waals surface area contributed by atoms with E-state index >= 15 is 4.39 Å². The minimum atomic E-state index is -1.66. The largest absolute Gasteiger partial charge is 0.496 e. The molecule has 0 radical (unpaired) electrons. The predicted molar refractivity (Wildman–Crippen MR) is 79.2 cm³/mol.